The molecule has 0 aliphatic carbocycles. The molecule has 14 heavy (non-hydrogen) atoms. The molecule has 0 saturated heterocycles. The number of phenols is 1. The number of aromatic hydroxyl groups is 1. The number of carbonyl (C=O) groups is 1. The van der Waals surface area contributed by atoms with Gasteiger partial charge in [-0.05, 0) is 18.2 Å². The van der Waals surface area contributed by atoms with Crippen molar-refractivity contribution in [1.82, 2.24) is 0 Å². The van der Waals surface area contributed by atoms with Gasteiger partial charge in [-0.1, -0.05) is 0 Å². The van der Waals surface area contributed by atoms with Crippen LogP contribution >= 0.6 is 0 Å². The van der Waals surface area contributed by atoms with Crippen LogP contribution in [0.5, 0.6) is 5.75 Å². The molecule has 0 aliphatic rings. The van der Waals surface area contributed by atoms with Gasteiger partial charge in [-0.25, -0.2) is 0 Å². The molecule has 1 aromatic carbocycles. The third-order valence-electron chi connectivity index (χ3n) is 1.59. The first-order chi connectivity index (χ1) is 6.50. The topological polar surface area (TPSA) is 66.4 Å². The summed E-state index contributed by atoms with van der Waals surface area (Å²) in [4.78, 5) is 11.0. The van der Waals surface area contributed by atoms with Crippen LogP contribution < -0.4 is 5.32 Å². The number of amides is 1. The lowest BCUT2D eigenvalue weighted by Crippen LogP contribution is -2.06. The van der Waals surface area contributed by atoms with E-state index >= 15 is 0 Å². The van der Waals surface area contributed by atoms with E-state index in [4.69, 9.17) is 0 Å². The summed E-state index contributed by atoms with van der Waals surface area (Å²) < 4.78 is 11.1. The Kier molecular flexibility index (Phi) is 3.24. The molecule has 0 aliphatic heterocycles. The predicted octanol–water partition coefficient (Wildman–Crippen LogP) is 1.09. The van der Waals surface area contributed by atoms with E-state index in [1.165, 1.54) is 25.3 Å². The highest BCUT2D eigenvalue weighted by Crippen LogP contribution is 2.23. The summed E-state index contributed by atoms with van der Waals surface area (Å²) in [6, 6.07) is 4.45. The first-order valence-electron chi connectivity index (χ1n) is 3.94. The molecule has 1 unspecified atom stereocenters. The summed E-state index contributed by atoms with van der Waals surface area (Å²) in [7, 11) is -1.27. The van der Waals surface area contributed by atoms with Gasteiger partial charge in [0.15, 0.2) is 0 Å². The summed E-state index contributed by atoms with van der Waals surface area (Å²) in [6.07, 6.45) is 1.46. The Bertz CT molecular complexity index is 390. The Morgan fingerprint density at radius 1 is 1.50 bits per heavy atom. The second kappa shape index (κ2) is 4.23. The summed E-state index contributed by atoms with van der Waals surface area (Å²) >= 11 is 0. The van der Waals surface area contributed by atoms with Gasteiger partial charge in [0, 0.05) is 18.9 Å². The molecular formula is C9H11NO3S. The molecule has 1 amide bonds. The molecule has 1 atom stereocenters. The zero-order valence-electron chi connectivity index (χ0n) is 7.90. The summed E-state index contributed by atoms with van der Waals surface area (Å²) in [5, 5.41) is 11.9. The number of hydrogen-bond acceptors (Lipinski definition) is 3. The lowest BCUT2D eigenvalue weighted by molar-refractivity contribution is -0.114. The zero-order valence-corrected chi connectivity index (χ0v) is 8.72. The standard InChI is InChI=1S/C9H11NO3S/c1-6(11)10-7-3-4-8(12)9(5-7)14(2)13/h3-5,12H,1-2H3,(H,10,11). The second-order valence-electron chi connectivity index (χ2n) is 2.82. The molecule has 1 rings (SSSR count). The molecule has 76 valence electrons. The smallest absolute Gasteiger partial charge is 0.221 e. The van der Waals surface area contributed by atoms with Crippen LogP contribution in [0.3, 0.4) is 0 Å². The van der Waals surface area contributed by atoms with Crippen molar-refractivity contribution in [3.05, 3.63) is 18.2 Å². The minimum absolute atomic E-state index is 0.0278. The van der Waals surface area contributed by atoms with Crippen molar-refractivity contribution in [3.63, 3.8) is 0 Å². The highest BCUT2D eigenvalue weighted by molar-refractivity contribution is 7.84. The Morgan fingerprint density at radius 3 is 2.64 bits per heavy atom. The molecule has 5 heteroatoms. The van der Waals surface area contributed by atoms with Crippen molar-refractivity contribution < 1.29 is 14.1 Å². The molecule has 0 heterocycles. The fourth-order valence-corrected chi connectivity index (χ4v) is 1.68. The van der Waals surface area contributed by atoms with Crippen LogP contribution in [0.1, 0.15) is 6.92 Å². The molecule has 2 N–H and O–H groups in total. The average molecular weight is 213 g/mol. The van der Waals surface area contributed by atoms with E-state index in [1.54, 1.807) is 6.07 Å². The Balaban J connectivity index is 3.06. The van der Waals surface area contributed by atoms with E-state index in [9.17, 15) is 14.1 Å². The molecule has 0 bridgehead atoms. The van der Waals surface area contributed by atoms with E-state index in [1.807, 2.05) is 0 Å². The van der Waals surface area contributed by atoms with Gasteiger partial charge in [0.1, 0.15) is 5.75 Å². The normalized spacial score (nSPS) is 12.1. The van der Waals surface area contributed by atoms with Crippen LogP contribution in [-0.2, 0) is 15.6 Å². The molecule has 0 saturated carbocycles. The average Bonchev–Trinajstić information content (AvgIpc) is 2.07. The van der Waals surface area contributed by atoms with Crippen LogP contribution in [0.2, 0.25) is 0 Å². The lowest BCUT2D eigenvalue weighted by Gasteiger charge is -2.05. The van der Waals surface area contributed by atoms with Crippen molar-refractivity contribution in [2.45, 2.75) is 11.8 Å². The van der Waals surface area contributed by atoms with E-state index in [0.717, 1.165) is 0 Å². The Labute approximate surface area is 84.4 Å². The minimum atomic E-state index is -1.27. The van der Waals surface area contributed by atoms with Gasteiger partial charge in [-0.2, -0.15) is 0 Å². The summed E-state index contributed by atoms with van der Waals surface area (Å²) in [5.41, 5.74) is 0.528. The molecule has 0 fully saturated rings. The Hall–Kier alpha value is -1.36. The molecular weight excluding hydrogens is 202 g/mol. The minimum Gasteiger partial charge on any atom is -0.507 e. The van der Waals surface area contributed by atoms with Gasteiger partial charge in [-0.3, -0.25) is 9.00 Å². The van der Waals surface area contributed by atoms with E-state index < -0.39 is 10.8 Å². The van der Waals surface area contributed by atoms with Crippen molar-refractivity contribution in [3.8, 4) is 5.75 Å². The molecule has 1 aromatic rings. The van der Waals surface area contributed by atoms with Crippen LogP contribution in [0.4, 0.5) is 5.69 Å². The molecule has 0 spiro atoms. The second-order valence-corrected chi connectivity index (χ2v) is 4.17. The third-order valence-corrected chi connectivity index (χ3v) is 2.54. The van der Waals surface area contributed by atoms with Crippen molar-refractivity contribution in [2.24, 2.45) is 0 Å². The van der Waals surface area contributed by atoms with Crippen molar-refractivity contribution >= 4 is 22.4 Å². The highest BCUT2D eigenvalue weighted by atomic mass is 32.2. The number of phenolic OH excluding ortho intramolecular Hbond substituents is 1. The van der Waals surface area contributed by atoms with Crippen LogP contribution in [0, 0.1) is 0 Å². The van der Waals surface area contributed by atoms with Gasteiger partial charge in [-0.15, -0.1) is 0 Å². The maximum Gasteiger partial charge on any atom is 0.221 e. The van der Waals surface area contributed by atoms with Crippen molar-refractivity contribution in [1.29, 1.82) is 0 Å². The SMILES string of the molecule is CC(=O)Nc1ccc(O)c(S(C)=O)c1. The van der Waals surface area contributed by atoms with E-state index in [-0.39, 0.29) is 11.7 Å². The Morgan fingerprint density at radius 2 is 2.14 bits per heavy atom. The number of rotatable bonds is 2. The zero-order chi connectivity index (χ0) is 10.7. The monoisotopic (exact) mass is 213 g/mol. The largest absolute Gasteiger partial charge is 0.507 e. The van der Waals surface area contributed by atoms with E-state index in [0.29, 0.717) is 10.6 Å². The maximum absolute atomic E-state index is 11.1. The van der Waals surface area contributed by atoms with Crippen molar-refractivity contribution in [2.75, 3.05) is 11.6 Å². The van der Waals surface area contributed by atoms with Gasteiger partial charge in [0.2, 0.25) is 5.91 Å². The summed E-state index contributed by atoms with van der Waals surface area (Å²) in [6.45, 7) is 1.38. The molecule has 0 aromatic heterocycles. The number of nitrogens with one attached hydrogen (secondary N) is 1. The maximum atomic E-state index is 11.1. The van der Waals surface area contributed by atoms with Gasteiger partial charge < -0.3 is 10.4 Å². The van der Waals surface area contributed by atoms with Crippen LogP contribution in [0.15, 0.2) is 23.1 Å². The number of carbonyl (C=O) groups excluding carboxylic acids is 1. The third kappa shape index (κ3) is 2.56. The summed E-state index contributed by atoms with van der Waals surface area (Å²) in [5.74, 6) is -0.233. The van der Waals surface area contributed by atoms with Crippen LogP contribution in [0.25, 0.3) is 0 Å². The van der Waals surface area contributed by atoms with Gasteiger partial charge in [0.05, 0.1) is 15.7 Å². The predicted molar refractivity (Wildman–Crippen MR) is 54.7 cm³/mol. The fraction of sp³-hybridized carbons (Fsp3) is 0.222. The number of benzene rings is 1. The molecule has 0 radical (unpaired) electrons. The van der Waals surface area contributed by atoms with Gasteiger partial charge in [0.25, 0.3) is 0 Å². The fourth-order valence-electron chi connectivity index (χ4n) is 1.03. The highest BCUT2D eigenvalue weighted by Gasteiger charge is 2.06. The first-order valence-corrected chi connectivity index (χ1v) is 5.50. The van der Waals surface area contributed by atoms with Gasteiger partial charge >= 0.3 is 0 Å². The van der Waals surface area contributed by atoms with E-state index in [2.05, 4.69) is 5.32 Å². The quantitative estimate of drug-likeness (QED) is 0.723. The number of anilines is 1. The lowest BCUT2D eigenvalue weighted by atomic mass is 10.3. The van der Waals surface area contributed by atoms with Crippen LogP contribution in [-0.4, -0.2) is 21.5 Å². The molecule has 4 nitrogen and oxygen atoms in total. The number of hydrogen-bond donors (Lipinski definition) is 2. The first kappa shape index (κ1) is 10.7.